The predicted molar refractivity (Wildman–Crippen MR) is 75.2 cm³/mol. The minimum absolute atomic E-state index is 0.179. The van der Waals surface area contributed by atoms with Crippen LogP contribution in [0.3, 0.4) is 0 Å². The molecule has 0 spiro atoms. The molecular formula is C12H16BrClN2O. The standard InChI is InChI=1S/C12H16BrClN2O/c1-7(2)5-10(15)12(17)16-11-4-3-8(14)6-9(11)13/h3-4,6-7,10H,5,15H2,1-2H3,(H,16,17)/t10-/m0/s1. The van der Waals surface area contributed by atoms with Crippen LogP contribution in [-0.2, 0) is 4.79 Å². The quantitative estimate of drug-likeness (QED) is 0.893. The molecule has 0 unspecified atom stereocenters. The van der Waals surface area contributed by atoms with Gasteiger partial charge in [-0.1, -0.05) is 25.4 Å². The van der Waals surface area contributed by atoms with Crippen molar-refractivity contribution in [2.75, 3.05) is 5.32 Å². The van der Waals surface area contributed by atoms with Gasteiger partial charge in [0.05, 0.1) is 11.7 Å². The topological polar surface area (TPSA) is 55.1 Å². The van der Waals surface area contributed by atoms with E-state index in [2.05, 4.69) is 21.2 Å². The van der Waals surface area contributed by atoms with Gasteiger partial charge < -0.3 is 11.1 Å². The van der Waals surface area contributed by atoms with Gasteiger partial charge in [0.25, 0.3) is 0 Å². The van der Waals surface area contributed by atoms with E-state index in [0.29, 0.717) is 23.0 Å². The van der Waals surface area contributed by atoms with Crippen LogP contribution < -0.4 is 11.1 Å². The lowest BCUT2D eigenvalue weighted by Gasteiger charge is -2.15. The van der Waals surface area contributed by atoms with Crippen LogP contribution in [0.4, 0.5) is 5.69 Å². The summed E-state index contributed by atoms with van der Waals surface area (Å²) in [5, 5.41) is 3.39. The summed E-state index contributed by atoms with van der Waals surface area (Å²) in [4.78, 5) is 11.8. The smallest absolute Gasteiger partial charge is 0.241 e. The van der Waals surface area contributed by atoms with Gasteiger partial charge in [0, 0.05) is 9.50 Å². The third-order valence-corrected chi connectivity index (χ3v) is 3.14. The summed E-state index contributed by atoms with van der Waals surface area (Å²) < 4.78 is 0.745. The lowest BCUT2D eigenvalue weighted by atomic mass is 10.0. The lowest BCUT2D eigenvalue weighted by molar-refractivity contribution is -0.117. The monoisotopic (exact) mass is 318 g/mol. The van der Waals surface area contributed by atoms with Gasteiger partial charge in [0.2, 0.25) is 5.91 Å². The Hall–Kier alpha value is -0.580. The summed E-state index contributed by atoms with van der Waals surface area (Å²) in [6.07, 6.45) is 0.664. The molecule has 0 aliphatic carbocycles. The molecule has 1 aromatic carbocycles. The molecule has 1 aromatic rings. The number of halogens is 2. The molecular weight excluding hydrogens is 304 g/mol. The summed E-state index contributed by atoms with van der Waals surface area (Å²) >= 11 is 9.15. The molecule has 1 rings (SSSR count). The van der Waals surface area contributed by atoms with Crippen molar-refractivity contribution in [3.05, 3.63) is 27.7 Å². The number of rotatable bonds is 4. The molecule has 0 radical (unpaired) electrons. The predicted octanol–water partition coefficient (Wildman–Crippen LogP) is 3.41. The summed E-state index contributed by atoms with van der Waals surface area (Å²) in [5.41, 5.74) is 6.47. The summed E-state index contributed by atoms with van der Waals surface area (Å²) in [6.45, 7) is 4.07. The molecule has 94 valence electrons. The Morgan fingerprint density at radius 3 is 2.71 bits per heavy atom. The number of carbonyl (C=O) groups is 1. The largest absolute Gasteiger partial charge is 0.324 e. The Balaban J connectivity index is 2.67. The van der Waals surface area contributed by atoms with Crippen LogP contribution in [0.1, 0.15) is 20.3 Å². The molecule has 0 heterocycles. The number of nitrogens with two attached hydrogens (primary N) is 1. The molecule has 0 saturated heterocycles. The Morgan fingerprint density at radius 2 is 2.18 bits per heavy atom. The molecule has 0 aromatic heterocycles. The number of nitrogens with one attached hydrogen (secondary N) is 1. The van der Waals surface area contributed by atoms with Crippen molar-refractivity contribution in [2.45, 2.75) is 26.3 Å². The molecule has 17 heavy (non-hydrogen) atoms. The third kappa shape index (κ3) is 4.66. The van der Waals surface area contributed by atoms with Gasteiger partial charge in [0.15, 0.2) is 0 Å². The number of hydrogen-bond acceptors (Lipinski definition) is 2. The zero-order valence-electron chi connectivity index (χ0n) is 9.84. The van der Waals surface area contributed by atoms with Crippen LogP contribution in [0, 0.1) is 5.92 Å². The average Bonchev–Trinajstić information content (AvgIpc) is 2.21. The van der Waals surface area contributed by atoms with E-state index in [4.69, 9.17) is 17.3 Å². The minimum atomic E-state index is -0.488. The second kappa shape index (κ2) is 6.38. The Morgan fingerprint density at radius 1 is 1.53 bits per heavy atom. The highest BCUT2D eigenvalue weighted by Gasteiger charge is 2.15. The fourth-order valence-electron chi connectivity index (χ4n) is 1.43. The van der Waals surface area contributed by atoms with E-state index in [0.717, 1.165) is 4.47 Å². The normalized spacial score (nSPS) is 12.6. The van der Waals surface area contributed by atoms with Gasteiger partial charge in [-0.2, -0.15) is 0 Å². The zero-order chi connectivity index (χ0) is 13.0. The second-order valence-corrected chi connectivity index (χ2v) is 5.64. The first kappa shape index (κ1) is 14.5. The average molecular weight is 320 g/mol. The maximum absolute atomic E-state index is 11.8. The molecule has 0 aliphatic rings. The van der Waals surface area contributed by atoms with Crippen LogP contribution in [0.15, 0.2) is 22.7 Å². The number of benzene rings is 1. The van der Waals surface area contributed by atoms with E-state index in [1.807, 2.05) is 13.8 Å². The fourth-order valence-corrected chi connectivity index (χ4v) is 2.21. The van der Waals surface area contributed by atoms with Crippen LogP contribution in [0.2, 0.25) is 5.02 Å². The van der Waals surface area contributed by atoms with Gasteiger partial charge in [0.1, 0.15) is 0 Å². The first-order valence-electron chi connectivity index (χ1n) is 5.41. The fraction of sp³-hybridized carbons (Fsp3) is 0.417. The molecule has 5 heteroatoms. The molecule has 0 saturated carbocycles. The van der Waals surface area contributed by atoms with E-state index in [1.54, 1.807) is 18.2 Å². The highest BCUT2D eigenvalue weighted by Crippen LogP contribution is 2.26. The maximum Gasteiger partial charge on any atom is 0.241 e. The highest BCUT2D eigenvalue weighted by molar-refractivity contribution is 9.10. The van der Waals surface area contributed by atoms with Crippen molar-refractivity contribution >= 4 is 39.1 Å². The zero-order valence-corrected chi connectivity index (χ0v) is 12.2. The van der Waals surface area contributed by atoms with Crippen LogP contribution in [0.5, 0.6) is 0 Å². The molecule has 0 bridgehead atoms. The van der Waals surface area contributed by atoms with Crippen molar-refractivity contribution < 1.29 is 4.79 Å². The Kier molecular flexibility index (Phi) is 5.43. The molecule has 3 N–H and O–H groups in total. The minimum Gasteiger partial charge on any atom is -0.324 e. The highest BCUT2D eigenvalue weighted by atomic mass is 79.9. The molecule has 1 atom stereocenters. The molecule has 0 fully saturated rings. The summed E-state index contributed by atoms with van der Waals surface area (Å²) in [6, 6.07) is 4.70. The van der Waals surface area contributed by atoms with E-state index in [-0.39, 0.29) is 5.91 Å². The van der Waals surface area contributed by atoms with Gasteiger partial charge in [-0.05, 0) is 46.5 Å². The van der Waals surface area contributed by atoms with E-state index >= 15 is 0 Å². The van der Waals surface area contributed by atoms with Gasteiger partial charge >= 0.3 is 0 Å². The van der Waals surface area contributed by atoms with Crippen LogP contribution in [-0.4, -0.2) is 11.9 Å². The molecule has 0 aliphatic heterocycles. The van der Waals surface area contributed by atoms with E-state index in [9.17, 15) is 4.79 Å². The van der Waals surface area contributed by atoms with Gasteiger partial charge in [-0.25, -0.2) is 0 Å². The maximum atomic E-state index is 11.8. The van der Waals surface area contributed by atoms with Crippen LogP contribution >= 0.6 is 27.5 Å². The first-order chi connectivity index (χ1) is 7.90. The number of carbonyl (C=O) groups excluding carboxylic acids is 1. The number of hydrogen-bond donors (Lipinski definition) is 2. The second-order valence-electron chi connectivity index (χ2n) is 4.35. The summed E-state index contributed by atoms with van der Waals surface area (Å²) in [7, 11) is 0. The first-order valence-corrected chi connectivity index (χ1v) is 6.58. The van der Waals surface area contributed by atoms with Gasteiger partial charge in [-0.15, -0.1) is 0 Å². The van der Waals surface area contributed by atoms with Crippen LogP contribution in [0.25, 0.3) is 0 Å². The third-order valence-electron chi connectivity index (χ3n) is 2.25. The number of anilines is 1. The van der Waals surface area contributed by atoms with Crippen molar-refractivity contribution in [3.63, 3.8) is 0 Å². The van der Waals surface area contributed by atoms with Crippen molar-refractivity contribution in [2.24, 2.45) is 11.7 Å². The Bertz CT molecular complexity index is 409. The van der Waals surface area contributed by atoms with Crippen molar-refractivity contribution in [1.29, 1.82) is 0 Å². The van der Waals surface area contributed by atoms with E-state index in [1.165, 1.54) is 0 Å². The van der Waals surface area contributed by atoms with Gasteiger partial charge in [-0.3, -0.25) is 4.79 Å². The van der Waals surface area contributed by atoms with E-state index < -0.39 is 6.04 Å². The van der Waals surface area contributed by atoms with Crippen molar-refractivity contribution in [3.8, 4) is 0 Å². The number of amides is 1. The lowest BCUT2D eigenvalue weighted by Crippen LogP contribution is -2.36. The molecule has 3 nitrogen and oxygen atoms in total. The summed E-state index contributed by atoms with van der Waals surface area (Å²) in [5.74, 6) is 0.214. The Labute approximate surface area is 115 Å². The molecule has 1 amide bonds. The van der Waals surface area contributed by atoms with Crippen molar-refractivity contribution in [1.82, 2.24) is 0 Å². The SMILES string of the molecule is CC(C)C[C@H](N)C(=O)Nc1ccc(Cl)cc1Br.